The molecule has 4 rings (SSSR count). The minimum absolute atomic E-state index is 0.0111. The largest absolute Gasteiger partial charge is 0.481 e. The monoisotopic (exact) mass is 636 g/mol. The zero-order valence-corrected chi connectivity index (χ0v) is 25.3. The highest BCUT2D eigenvalue weighted by molar-refractivity contribution is 9.10. The third-order valence-electron chi connectivity index (χ3n) is 8.87. The lowest BCUT2D eigenvalue weighted by Crippen LogP contribution is -2.53. The second kappa shape index (κ2) is 11.8. The standard InChI is InChI=1S/C31H36BrF3N2O4/c1-18(2)20-15-21-23(16-24(20)32)29(3)10-7-11-30(4,28(39)40)26(29)17-25(21)37-41-13-12-36-27(38)14-19-8-5-6-9-22(19)31(33,34)35/h5-6,8-9,15-16,18,26H,7,10-14,17H2,1-4H3,(H,36,38)(H,39,40)/b37-25+/t26-,29-,30-/m1/s1. The number of oxime groups is 1. The van der Waals surface area contributed by atoms with Gasteiger partial charge in [-0.05, 0) is 78.3 Å². The van der Waals surface area contributed by atoms with E-state index in [1.807, 2.05) is 6.92 Å². The first-order valence-electron chi connectivity index (χ1n) is 13.9. The molecule has 1 amide bonds. The first kappa shape index (κ1) is 31.1. The summed E-state index contributed by atoms with van der Waals surface area (Å²) in [4.78, 5) is 30.5. The number of hydrogen-bond acceptors (Lipinski definition) is 4. The molecule has 0 bridgehead atoms. The Balaban J connectivity index is 1.52. The van der Waals surface area contributed by atoms with Gasteiger partial charge in [0.25, 0.3) is 0 Å². The van der Waals surface area contributed by atoms with Crippen molar-refractivity contribution in [2.75, 3.05) is 13.2 Å². The van der Waals surface area contributed by atoms with Crippen molar-refractivity contribution in [3.8, 4) is 0 Å². The minimum Gasteiger partial charge on any atom is -0.481 e. The molecule has 0 heterocycles. The van der Waals surface area contributed by atoms with Gasteiger partial charge in [-0.2, -0.15) is 13.2 Å². The Kier molecular flexibility index (Phi) is 8.92. The molecule has 2 aromatic rings. The van der Waals surface area contributed by atoms with Crippen molar-refractivity contribution in [1.29, 1.82) is 0 Å². The molecular weight excluding hydrogens is 601 g/mol. The van der Waals surface area contributed by atoms with E-state index in [0.717, 1.165) is 40.1 Å². The number of carbonyl (C=O) groups is 2. The van der Waals surface area contributed by atoms with Gasteiger partial charge in [0.15, 0.2) is 0 Å². The first-order chi connectivity index (χ1) is 19.2. The molecule has 222 valence electrons. The Bertz CT molecular complexity index is 1360. The van der Waals surface area contributed by atoms with E-state index < -0.39 is 35.5 Å². The van der Waals surface area contributed by atoms with Crippen LogP contribution < -0.4 is 5.32 Å². The van der Waals surface area contributed by atoms with E-state index in [2.05, 4.69) is 59.3 Å². The molecular formula is C31H36BrF3N2O4. The molecule has 41 heavy (non-hydrogen) atoms. The number of amides is 1. The van der Waals surface area contributed by atoms with Crippen LogP contribution in [0.2, 0.25) is 0 Å². The smallest absolute Gasteiger partial charge is 0.416 e. The fourth-order valence-corrected chi connectivity index (χ4v) is 7.38. The molecule has 2 aromatic carbocycles. The normalized spacial score (nSPS) is 25.0. The third-order valence-corrected chi connectivity index (χ3v) is 9.55. The number of benzene rings is 2. The number of carboxylic acids is 1. The summed E-state index contributed by atoms with van der Waals surface area (Å²) in [6.45, 7) is 8.25. The molecule has 2 aliphatic rings. The van der Waals surface area contributed by atoms with Crippen LogP contribution in [0.5, 0.6) is 0 Å². The van der Waals surface area contributed by atoms with Crippen LogP contribution in [0, 0.1) is 11.3 Å². The van der Waals surface area contributed by atoms with Crippen molar-refractivity contribution in [2.24, 2.45) is 16.5 Å². The number of halogens is 4. The topological polar surface area (TPSA) is 88.0 Å². The van der Waals surface area contributed by atoms with Crippen LogP contribution in [-0.2, 0) is 32.4 Å². The zero-order chi connectivity index (χ0) is 30.2. The van der Waals surface area contributed by atoms with E-state index in [1.54, 1.807) is 0 Å². The second-order valence-corrected chi connectivity index (χ2v) is 12.7. The number of rotatable bonds is 8. The van der Waals surface area contributed by atoms with Crippen molar-refractivity contribution in [1.82, 2.24) is 5.32 Å². The number of alkyl halides is 3. The van der Waals surface area contributed by atoms with Gasteiger partial charge < -0.3 is 15.3 Å². The summed E-state index contributed by atoms with van der Waals surface area (Å²) >= 11 is 3.73. The molecule has 3 atom stereocenters. The molecule has 1 fully saturated rings. The van der Waals surface area contributed by atoms with Gasteiger partial charge in [-0.3, -0.25) is 9.59 Å². The fourth-order valence-electron chi connectivity index (χ4n) is 6.58. The summed E-state index contributed by atoms with van der Waals surface area (Å²) in [6, 6.07) is 9.23. The predicted molar refractivity (Wildman–Crippen MR) is 154 cm³/mol. The lowest BCUT2D eigenvalue weighted by molar-refractivity contribution is -0.156. The predicted octanol–water partition coefficient (Wildman–Crippen LogP) is 7.22. The van der Waals surface area contributed by atoms with Gasteiger partial charge in [-0.1, -0.05) is 66.5 Å². The van der Waals surface area contributed by atoms with Gasteiger partial charge in [0, 0.05) is 10.0 Å². The first-order valence-corrected chi connectivity index (χ1v) is 14.7. The van der Waals surface area contributed by atoms with Gasteiger partial charge in [0.1, 0.15) is 6.61 Å². The highest BCUT2D eigenvalue weighted by atomic mass is 79.9. The van der Waals surface area contributed by atoms with Crippen LogP contribution >= 0.6 is 15.9 Å². The average Bonchev–Trinajstić information content (AvgIpc) is 2.88. The molecule has 2 N–H and O–H groups in total. The Labute approximate surface area is 246 Å². The Morgan fingerprint density at radius 2 is 1.90 bits per heavy atom. The maximum absolute atomic E-state index is 13.2. The zero-order valence-electron chi connectivity index (χ0n) is 23.7. The number of nitrogens with zero attached hydrogens (tertiary/aromatic N) is 1. The molecule has 0 spiro atoms. The SMILES string of the molecule is CC(C)c1cc2c(cc1Br)[C@@]1(C)CCC[C@@](C)(C(=O)O)[C@@H]1C/C2=N\OCCNC(=O)Cc1ccccc1C(F)(F)F. The lowest BCUT2D eigenvalue weighted by Gasteiger charge is -2.53. The number of nitrogens with one attached hydrogen (secondary N) is 1. The summed E-state index contributed by atoms with van der Waals surface area (Å²) in [5.74, 6) is -1.32. The highest BCUT2D eigenvalue weighted by Gasteiger charge is 2.56. The second-order valence-electron chi connectivity index (χ2n) is 11.9. The quantitative estimate of drug-likeness (QED) is 0.236. The molecule has 0 aliphatic heterocycles. The van der Waals surface area contributed by atoms with E-state index in [4.69, 9.17) is 4.84 Å². The molecule has 0 unspecified atom stereocenters. The van der Waals surface area contributed by atoms with Crippen molar-refractivity contribution in [3.63, 3.8) is 0 Å². The van der Waals surface area contributed by atoms with Gasteiger partial charge in [-0.25, -0.2) is 0 Å². The number of fused-ring (bicyclic) bond motifs is 3. The van der Waals surface area contributed by atoms with Crippen LogP contribution in [0.4, 0.5) is 13.2 Å². The van der Waals surface area contributed by atoms with Crippen molar-refractivity contribution in [2.45, 2.75) is 77.3 Å². The van der Waals surface area contributed by atoms with Crippen LogP contribution in [0.15, 0.2) is 46.0 Å². The van der Waals surface area contributed by atoms with Crippen LogP contribution in [0.3, 0.4) is 0 Å². The lowest BCUT2D eigenvalue weighted by atomic mass is 9.49. The Morgan fingerprint density at radius 1 is 1.20 bits per heavy atom. The van der Waals surface area contributed by atoms with Gasteiger partial charge in [-0.15, -0.1) is 0 Å². The molecule has 0 radical (unpaired) electrons. The molecule has 0 aromatic heterocycles. The number of carboxylic acid groups (broad SMARTS) is 1. The van der Waals surface area contributed by atoms with Gasteiger partial charge >= 0.3 is 12.1 Å². The van der Waals surface area contributed by atoms with E-state index >= 15 is 0 Å². The van der Waals surface area contributed by atoms with E-state index in [1.165, 1.54) is 18.2 Å². The molecule has 2 aliphatic carbocycles. The number of aliphatic carboxylic acids is 1. The van der Waals surface area contributed by atoms with Crippen LogP contribution in [0.1, 0.15) is 87.1 Å². The fraction of sp³-hybridized carbons (Fsp3) is 0.516. The molecule has 1 saturated carbocycles. The van der Waals surface area contributed by atoms with Crippen LogP contribution in [-0.4, -0.2) is 35.8 Å². The molecule has 0 saturated heterocycles. The number of carbonyl (C=O) groups excluding carboxylic acids is 1. The minimum atomic E-state index is -4.54. The van der Waals surface area contributed by atoms with Crippen molar-refractivity contribution in [3.05, 3.63) is 68.7 Å². The van der Waals surface area contributed by atoms with E-state index in [-0.39, 0.29) is 36.0 Å². The summed E-state index contributed by atoms with van der Waals surface area (Å²) in [7, 11) is 0. The summed E-state index contributed by atoms with van der Waals surface area (Å²) in [6.07, 6.45) is -2.23. The van der Waals surface area contributed by atoms with Crippen molar-refractivity contribution < 1.29 is 32.7 Å². The summed E-state index contributed by atoms with van der Waals surface area (Å²) < 4.78 is 40.7. The molecule has 10 heteroatoms. The molecule has 6 nitrogen and oxygen atoms in total. The Hall–Kier alpha value is -2.88. The van der Waals surface area contributed by atoms with E-state index in [9.17, 15) is 27.9 Å². The third kappa shape index (κ3) is 6.17. The van der Waals surface area contributed by atoms with Crippen LogP contribution in [0.25, 0.3) is 0 Å². The van der Waals surface area contributed by atoms with Gasteiger partial charge in [0.05, 0.1) is 29.7 Å². The maximum Gasteiger partial charge on any atom is 0.416 e. The Morgan fingerprint density at radius 3 is 2.56 bits per heavy atom. The highest BCUT2D eigenvalue weighted by Crippen LogP contribution is 2.58. The maximum atomic E-state index is 13.2. The van der Waals surface area contributed by atoms with Crippen molar-refractivity contribution >= 4 is 33.5 Å². The number of hydrogen-bond donors (Lipinski definition) is 2. The average molecular weight is 638 g/mol. The van der Waals surface area contributed by atoms with E-state index in [0.29, 0.717) is 18.6 Å². The summed E-state index contributed by atoms with van der Waals surface area (Å²) in [5, 5.41) is 17.3. The van der Waals surface area contributed by atoms with Gasteiger partial charge in [0.2, 0.25) is 5.91 Å². The summed E-state index contributed by atoms with van der Waals surface area (Å²) in [5.41, 5.74) is 1.58.